The lowest BCUT2D eigenvalue weighted by Gasteiger charge is -2.22. The van der Waals surface area contributed by atoms with Crippen molar-refractivity contribution in [2.45, 2.75) is 45.1 Å². The van der Waals surface area contributed by atoms with E-state index in [2.05, 4.69) is 17.3 Å². The highest BCUT2D eigenvalue weighted by Gasteiger charge is 2.25. The molecule has 1 N–H and O–H groups in total. The summed E-state index contributed by atoms with van der Waals surface area (Å²) in [4.78, 5) is 0. The molecule has 18 heavy (non-hydrogen) atoms. The lowest BCUT2D eigenvalue weighted by Crippen LogP contribution is -2.25. The average molecular weight is 251 g/mol. The molecule has 1 aromatic rings. The summed E-state index contributed by atoms with van der Waals surface area (Å²) >= 11 is 0. The fourth-order valence-electron chi connectivity index (χ4n) is 3.10. The molecule has 0 amide bonds. The zero-order valence-electron chi connectivity index (χ0n) is 11.8. The lowest BCUT2D eigenvalue weighted by atomic mass is 9.96. The van der Waals surface area contributed by atoms with Gasteiger partial charge in [-0.3, -0.25) is 4.68 Å². The topological polar surface area (TPSA) is 39.1 Å². The molecular weight excluding hydrogens is 226 g/mol. The van der Waals surface area contributed by atoms with Crippen molar-refractivity contribution < 1.29 is 4.74 Å². The minimum atomic E-state index is 0.362. The second-order valence-corrected chi connectivity index (χ2v) is 5.22. The van der Waals surface area contributed by atoms with Crippen molar-refractivity contribution in [2.24, 2.45) is 13.0 Å². The molecule has 0 aromatic carbocycles. The Kier molecular flexibility index (Phi) is 4.64. The molecule has 1 atom stereocenters. The van der Waals surface area contributed by atoms with E-state index in [1.54, 1.807) is 7.11 Å². The van der Waals surface area contributed by atoms with Gasteiger partial charge in [-0.15, -0.1) is 0 Å². The molecule has 0 radical (unpaired) electrons. The fourth-order valence-corrected chi connectivity index (χ4v) is 3.10. The summed E-state index contributed by atoms with van der Waals surface area (Å²) in [6.07, 6.45) is 8.56. The second kappa shape index (κ2) is 6.23. The number of aryl methyl sites for hydroxylation is 1. The van der Waals surface area contributed by atoms with Crippen molar-refractivity contribution in [1.29, 1.82) is 0 Å². The molecule has 4 heteroatoms. The van der Waals surface area contributed by atoms with E-state index in [9.17, 15) is 0 Å². The van der Waals surface area contributed by atoms with Gasteiger partial charge in [0.15, 0.2) is 5.75 Å². The molecule has 2 rings (SSSR count). The molecule has 0 bridgehead atoms. The molecular formula is C14H25N3O. The van der Waals surface area contributed by atoms with Crippen LogP contribution in [0.5, 0.6) is 5.75 Å². The van der Waals surface area contributed by atoms with Crippen LogP contribution < -0.4 is 10.1 Å². The molecule has 0 aliphatic heterocycles. The first kappa shape index (κ1) is 13.4. The maximum absolute atomic E-state index is 5.43. The molecule has 1 aliphatic rings. The molecule has 4 nitrogen and oxygen atoms in total. The Labute approximate surface area is 110 Å². The van der Waals surface area contributed by atoms with Crippen LogP contribution in [0.3, 0.4) is 0 Å². The first-order valence-corrected chi connectivity index (χ1v) is 7.05. The third-order valence-corrected chi connectivity index (χ3v) is 3.99. The van der Waals surface area contributed by atoms with Crippen LogP contribution in [0.1, 0.15) is 50.8 Å². The lowest BCUT2D eigenvalue weighted by molar-refractivity contribution is 0.359. The minimum absolute atomic E-state index is 0.362. The molecule has 0 saturated heterocycles. The smallest absolute Gasteiger partial charge is 0.161 e. The van der Waals surface area contributed by atoms with Crippen molar-refractivity contribution >= 4 is 0 Å². The standard InChI is InChI=1S/C14H25N3O/c1-4-15-12(9-11-7-5-6-8-11)14-13(18-3)10-16-17(14)2/h10-12,15H,4-9H2,1-3H3. The van der Waals surface area contributed by atoms with E-state index in [0.29, 0.717) is 6.04 Å². The van der Waals surface area contributed by atoms with Crippen LogP contribution >= 0.6 is 0 Å². The molecule has 1 heterocycles. The van der Waals surface area contributed by atoms with E-state index < -0.39 is 0 Å². The summed E-state index contributed by atoms with van der Waals surface area (Å²) in [6.45, 7) is 3.14. The molecule has 1 aromatic heterocycles. The predicted molar refractivity (Wildman–Crippen MR) is 72.8 cm³/mol. The van der Waals surface area contributed by atoms with Crippen LogP contribution in [0.15, 0.2) is 6.20 Å². The summed E-state index contributed by atoms with van der Waals surface area (Å²) < 4.78 is 7.38. The normalized spacial score (nSPS) is 18.2. The summed E-state index contributed by atoms with van der Waals surface area (Å²) in [5, 5.41) is 7.90. The molecule has 102 valence electrons. The number of nitrogens with one attached hydrogen (secondary N) is 1. The Bertz CT molecular complexity index is 369. The molecule has 1 saturated carbocycles. The van der Waals surface area contributed by atoms with E-state index in [-0.39, 0.29) is 0 Å². The first-order chi connectivity index (χ1) is 8.76. The van der Waals surface area contributed by atoms with Gasteiger partial charge in [0.1, 0.15) is 0 Å². The van der Waals surface area contributed by atoms with E-state index in [0.717, 1.165) is 18.2 Å². The number of hydrogen-bond donors (Lipinski definition) is 1. The van der Waals surface area contributed by atoms with Crippen LogP contribution in [0.2, 0.25) is 0 Å². The maximum Gasteiger partial charge on any atom is 0.161 e. The van der Waals surface area contributed by atoms with Gasteiger partial charge < -0.3 is 10.1 Å². The van der Waals surface area contributed by atoms with Gasteiger partial charge in [0.2, 0.25) is 0 Å². The summed E-state index contributed by atoms with van der Waals surface area (Å²) in [5.41, 5.74) is 1.19. The molecule has 1 unspecified atom stereocenters. The van der Waals surface area contributed by atoms with Crippen LogP contribution in [-0.4, -0.2) is 23.4 Å². The van der Waals surface area contributed by atoms with Crippen molar-refractivity contribution in [3.8, 4) is 5.75 Å². The van der Waals surface area contributed by atoms with Crippen LogP contribution in [0, 0.1) is 5.92 Å². The van der Waals surface area contributed by atoms with Gasteiger partial charge in [-0.2, -0.15) is 5.10 Å². The predicted octanol–water partition coefficient (Wildman–Crippen LogP) is 2.66. The Hall–Kier alpha value is -1.03. The average Bonchev–Trinajstić information content (AvgIpc) is 2.98. The third kappa shape index (κ3) is 2.86. The van der Waals surface area contributed by atoms with Crippen molar-refractivity contribution in [3.05, 3.63) is 11.9 Å². The zero-order valence-corrected chi connectivity index (χ0v) is 11.8. The van der Waals surface area contributed by atoms with Gasteiger partial charge in [-0.1, -0.05) is 32.6 Å². The number of ether oxygens (including phenoxy) is 1. The quantitative estimate of drug-likeness (QED) is 0.845. The summed E-state index contributed by atoms with van der Waals surface area (Å²) in [7, 11) is 3.72. The Morgan fingerprint density at radius 2 is 2.22 bits per heavy atom. The van der Waals surface area contributed by atoms with Crippen molar-refractivity contribution in [3.63, 3.8) is 0 Å². The number of hydrogen-bond acceptors (Lipinski definition) is 3. The number of aromatic nitrogens is 2. The van der Waals surface area contributed by atoms with Gasteiger partial charge in [0.05, 0.1) is 25.0 Å². The number of methoxy groups -OCH3 is 1. The molecule has 1 aliphatic carbocycles. The van der Waals surface area contributed by atoms with Gasteiger partial charge in [-0.05, 0) is 18.9 Å². The summed E-state index contributed by atoms with van der Waals surface area (Å²) in [6, 6.07) is 0.362. The van der Waals surface area contributed by atoms with Crippen LogP contribution in [-0.2, 0) is 7.05 Å². The monoisotopic (exact) mass is 251 g/mol. The summed E-state index contributed by atoms with van der Waals surface area (Å²) in [5.74, 6) is 1.76. The van der Waals surface area contributed by atoms with Crippen LogP contribution in [0.25, 0.3) is 0 Å². The van der Waals surface area contributed by atoms with Gasteiger partial charge in [0.25, 0.3) is 0 Å². The fraction of sp³-hybridized carbons (Fsp3) is 0.786. The van der Waals surface area contributed by atoms with E-state index in [4.69, 9.17) is 4.74 Å². The number of nitrogens with zero attached hydrogens (tertiary/aromatic N) is 2. The minimum Gasteiger partial charge on any atom is -0.493 e. The van der Waals surface area contributed by atoms with E-state index in [1.807, 2.05) is 17.9 Å². The highest BCUT2D eigenvalue weighted by molar-refractivity contribution is 5.28. The van der Waals surface area contributed by atoms with Gasteiger partial charge in [-0.25, -0.2) is 0 Å². The Balaban J connectivity index is 2.14. The maximum atomic E-state index is 5.43. The third-order valence-electron chi connectivity index (χ3n) is 3.99. The Morgan fingerprint density at radius 3 is 2.83 bits per heavy atom. The van der Waals surface area contributed by atoms with Crippen LogP contribution in [0.4, 0.5) is 0 Å². The second-order valence-electron chi connectivity index (χ2n) is 5.22. The van der Waals surface area contributed by atoms with Gasteiger partial charge >= 0.3 is 0 Å². The zero-order chi connectivity index (χ0) is 13.0. The van der Waals surface area contributed by atoms with Crippen molar-refractivity contribution in [1.82, 2.24) is 15.1 Å². The Morgan fingerprint density at radius 1 is 1.50 bits per heavy atom. The van der Waals surface area contributed by atoms with Crippen molar-refractivity contribution in [2.75, 3.05) is 13.7 Å². The van der Waals surface area contributed by atoms with E-state index >= 15 is 0 Å². The molecule has 1 fully saturated rings. The highest BCUT2D eigenvalue weighted by Crippen LogP contribution is 2.35. The highest BCUT2D eigenvalue weighted by atomic mass is 16.5. The first-order valence-electron chi connectivity index (χ1n) is 7.05. The SMILES string of the molecule is CCNC(CC1CCCC1)c1c(OC)cnn1C. The molecule has 0 spiro atoms. The number of rotatable bonds is 6. The van der Waals surface area contributed by atoms with Gasteiger partial charge in [0, 0.05) is 7.05 Å². The largest absolute Gasteiger partial charge is 0.493 e. The van der Waals surface area contributed by atoms with E-state index in [1.165, 1.54) is 37.8 Å².